The van der Waals surface area contributed by atoms with Crippen molar-refractivity contribution in [1.82, 2.24) is 5.32 Å². The first kappa shape index (κ1) is 18.3. The fourth-order valence-electron chi connectivity index (χ4n) is 1.75. The molecule has 5 heteroatoms. The Labute approximate surface area is 136 Å². The first-order valence-electron chi connectivity index (χ1n) is 7.06. The maximum Gasteiger partial charge on any atom is 0.230 e. The maximum absolute atomic E-state index is 11.8. The van der Waals surface area contributed by atoms with Crippen LogP contribution in [0.25, 0.3) is 0 Å². The summed E-state index contributed by atoms with van der Waals surface area (Å²) >= 11 is 7.46. The van der Waals surface area contributed by atoms with E-state index in [-0.39, 0.29) is 23.2 Å². The molecule has 1 rings (SSSR count). The van der Waals surface area contributed by atoms with E-state index in [4.69, 9.17) is 11.6 Å². The summed E-state index contributed by atoms with van der Waals surface area (Å²) < 4.78 is 0.0804. The highest BCUT2D eigenvalue weighted by atomic mass is 35.5. The third-order valence-corrected chi connectivity index (χ3v) is 4.44. The molecule has 21 heavy (non-hydrogen) atoms. The number of amides is 1. The van der Waals surface area contributed by atoms with E-state index >= 15 is 0 Å². The molecule has 0 saturated heterocycles. The molecule has 0 heterocycles. The van der Waals surface area contributed by atoms with Crippen LogP contribution in [0.3, 0.4) is 0 Å². The first-order chi connectivity index (χ1) is 9.80. The molecule has 0 aliphatic heterocycles. The lowest BCUT2D eigenvalue weighted by Gasteiger charge is -2.18. The van der Waals surface area contributed by atoms with Gasteiger partial charge in [0.2, 0.25) is 5.91 Å². The van der Waals surface area contributed by atoms with Crippen molar-refractivity contribution in [2.75, 3.05) is 18.9 Å². The molecule has 0 aliphatic carbocycles. The van der Waals surface area contributed by atoms with Crippen LogP contribution in [0.2, 0.25) is 5.02 Å². The Balaban J connectivity index is 2.37. The zero-order valence-electron chi connectivity index (χ0n) is 12.9. The highest BCUT2D eigenvalue weighted by molar-refractivity contribution is 8.01. The third kappa shape index (κ3) is 8.34. The highest BCUT2D eigenvalue weighted by Crippen LogP contribution is 2.22. The zero-order valence-corrected chi connectivity index (χ0v) is 14.4. The quantitative estimate of drug-likeness (QED) is 0.808. The van der Waals surface area contributed by atoms with E-state index in [0.29, 0.717) is 17.3 Å². The van der Waals surface area contributed by atoms with Crippen molar-refractivity contribution in [3.8, 4) is 0 Å². The number of nitrogens with one attached hydrogen (secondary N) is 1. The third-order valence-electron chi connectivity index (χ3n) is 2.92. The van der Waals surface area contributed by atoms with Crippen molar-refractivity contribution in [2.45, 2.75) is 31.9 Å². The summed E-state index contributed by atoms with van der Waals surface area (Å²) in [4.78, 5) is 11.8. The monoisotopic (exact) mass is 329 g/mol. The summed E-state index contributed by atoms with van der Waals surface area (Å²) in [7, 11) is 0. The Kier molecular flexibility index (Phi) is 7.57. The molecule has 0 fully saturated rings. The molecule has 1 atom stereocenters. The summed E-state index contributed by atoms with van der Waals surface area (Å²) in [6, 6.07) is 7.57. The molecular formula is C16H24ClNO2S. The average molecular weight is 330 g/mol. The summed E-state index contributed by atoms with van der Waals surface area (Å²) in [5.41, 5.74) is 1.11. The van der Waals surface area contributed by atoms with Crippen LogP contribution in [0.15, 0.2) is 24.3 Å². The average Bonchev–Trinajstić information content (AvgIpc) is 2.42. The van der Waals surface area contributed by atoms with E-state index < -0.39 is 0 Å². The van der Waals surface area contributed by atoms with Crippen LogP contribution < -0.4 is 5.32 Å². The van der Waals surface area contributed by atoms with E-state index in [9.17, 15) is 9.90 Å². The Morgan fingerprint density at radius 3 is 2.48 bits per heavy atom. The van der Waals surface area contributed by atoms with Crippen LogP contribution in [0.1, 0.15) is 26.3 Å². The van der Waals surface area contributed by atoms with Gasteiger partial charge in [-0.3, -0.25) is 4.79 Å². The molecule has 2 N–H and O–H groups in total. The predicted octanol–water partition coefficient (Wildman–Crippen LogP) is 3.14. The van der Waals surface area contributed by atoms with Crippen LogP contribution in [-0.4, -0.2) is 34.7 Å². The van der Waals surface area contributed by atoms with Gasteiger partial charge in [0.15, 0.2) is 0 Å². The highest BCUT2D eigenvalue weighted by Gasteiger charge is 2.15. The summed E-state index contributed by atoms with van der Waals surface area (Å²) in [5.74, 6) is 0.488. The number of hydrogen-bond acceptors (Lipinski definition) is 3. The second-order valence-electron chi connectivity index (χ2n) is 6.08. The van der Waals surface area contributed by atoms with Gasteiger partial charge in [-0.2, -0.15) is 0 Å². The van der Waals surface area contributed by atoms with Crippen molar-refractivity contribution >= 4 is 29.3 Å². The first-order valence-corrected chi connectivity index (χ1v) is 8.42. The van der Waals surface area contributed by atoms with Crippen molar-refractivity contribution in [3.05, 3.63) is 34.9 Å². The number of carbonyl (C=O) groups excluding carboxylic acids is 1. The minimum absolute atomic E-state index is 0.0180. The molecule has 0 spiro atoms. The van der Waals surface area contributed by atoms with Gasteiger partial charge in [-0.1, -0.05) is 44.5 Å². The van der Waals surface area contributed by atoms with Gasteiger partial charge in [0, 0.05) is 28.8 Å². The van der Waals surface area contributed by atoms with Gasteiger partial charge in [-0.15, -0.1) is 11.8 Å². The summed E-state index contributed by atoms with van der Waals surface area (Å²) in [6.07, 6.45) is 0.723. The topological polar surface area (TPSA) is 49.3 Å². The lowest BCUT2D eigenvalue weighted by molar-refractivity contribution is -0.118. The standard InChI is InChI=1S/C16H24ClNO2S/c1-16(2,3)21-11-15(20)18-9-13(10-19)8-12-4-6-14(17)7-5-12/h4-7,13,19H,8-11H2,1-3H3,(H,18,20)/t13-/m1/s1. The van der Waals surface area contributed by atoms with Gasteiger partial charge in [-0.05, 0) is 24.1 Å². The van der Waals surface area contributed by atoms with Crippen LogP contribution in [0.4, 0.5) is 0 Å². The van der Waals surface area contributed by atoms with Crippen LogP contribution >= 0.6 is 23.4 Å². The van der Waals surface area contributed by atoms with Crippen molar-refractivity contribution < 1.29 is 9.90 Å². The fourth-order valence-corrected chi connectivity index (χ4v) is 2.54. The zero-order chi connectivity index (χ0) is 15.9. The van der Waals surface area contributed by atoms with Crippen molar-refractivity contribution in [1.29, 1.82) is 0 Å². The minimum Gasteiger partial charge on any atom is -0.396 e. The van der Waals surface area contributed by atoms with Crippen molar-refractivity contribution in [3.63, 3.8) is 0 Å². The number of hydrogen-bond donors (Lipinski definition) is 2. The number of rotatable bonds is 7. The van der Waals surface area contributed by atoms with Crippen LogP contribution in [0.5, 0.6) is 0 Å². The van der Waals surface area contributed by atoms with Gasteiger partial charge >= 0.3 is 0 Å². The smallest absolute Gasteiger partial charge is 0.230 e. The number of carbonyl (C=O) groups is 1. The SMILES string of the molecule is CC(C)(C)SCC(=O)NC[C@H](CO)Cc1ccc(Cl)cc1. The number of thioether (sulfide) groups is 1. The molecule has 0 aliphatic rings. The molecule has 0 saturated carbocycles. The van der Waals surface area contributed by atoms with Crippen molar-refractivity contribution in [2.24, 2.45) is 5.92 Å². The molecule has 1 aromatic rings. The second kappa shape index (κ2) is 8.66. The van der Waals surface area contributed by atoms with Crippen LogP contribution in [0, 0.1) is 5.92 Å². The Morgan fingerprint density at radius 2 is 1.95 bits per heavy atom. The number of benzene rings is 1. The van der Waals surface area contributed by atoms with Gasteiger partial charge in [-0.25, -0.2) is 0 Å². The lowest BCUT2D eigenvalue weighted by atomic mass is 10.00. The summed E-state index contributed by atoms with van der Waals surface area (Å²) in [6.45, 7) is 6.80. The fraction of sp³-hybridized carbons (Fsp3) is 0.562. The lowest BCUT2D eigenvalue weighted by Crippen LogP contribution is -2.33. The van der Waals surface area contributed by atoms with Gasteiger partial charge in [0.1, 0.15) is 0 Å². The molecule has 0 unspecified atom stereocenters. The van der Waals surface area contributed by atoms with Gasteiger partial charge < -0.3 is 10.4 Å². The molecule has 3 nitrogen and oxygen atoms in total. The Hall–Kier alpha value is -0.710. The number of aliphatic hydroxyl groups is 1. The van der Waals surface area contributed by atoms with Gasteiger partial charge in [0.25, 0.3) is 0 Å². The van der Waals surface area contributed by atoms with E-state index in [2.05, 4.69) is 26.1 Å². The second-order valence-corrected chi connectivity index (χ2v) is 8.32. The Bertz CT molecular complexity index is 443. The molecular weight excluding hydrogens is 306 g/mol. The molecule has 0 bridgehead atoms. The molecule has 0 aromatic heterocycles. The summed E-state index contributed by atoms with van der Waals surface area (Å²) in [5, 5.41) is 13.0. The predicted molar refractivity (Wildman–Crippen MR) is 91.0 cm³/mol. The maximum atomic E-state index is 11.8. The minimum atomic E-state index is 0.0180. The molecule has 0 radical (unpaired) electrons. The van der Waals surface area contributed by atoms with E-state index in [1.54, 1.807) is 11.8 Å². The largest absolute Gasteiger partial charge is 0.396 e. The van der Waals surface area contributed by atoms with Gasteiger partial charge in [0.05, 0.1) is 5.75 Å². The molecule has 1 aromatic carbocycles. The van der Waals surface area contributed by atoms with E-state index in [1.807, 2.05) is 24.3 Å². The van der Waals surface area contributed by atoms with E-state index in [1.165, 1.54) is 0 Å². The normalized spacial score (nSPS) is 13.0. The number of aliphatic hydroxyl groups excluding tert-OH is 1. The number of halogens is 1. The molecule has 118 valence electrons. The van der Waals surface area contributed by atoms with Crippen LogP contribution in [-0.2, 0) is 11.2 Å². The molecule has 1 amide bonds. The Morgan fingerprint density at radius 1 is 1.33 bits per heavy atom. The van der Waals surface area contributed by atoms with E-state index in [0.717, 1.165) is 12.0 Å².